The van der Waals surface area contributed by atoms with E-state index in [-0.39, 0.29) is 11.9 Å². The van der Waals surface area contributed by atoms with Gasteiger partial charge in [0.05, 0.1) is 0 Å². The second-order valence-corrected chi connectivity index (χ2v) is 6.24. The Hall–Kier alpha value is -1.26. The van der Waals surface area contributed by atoms with E-state index in [4.69, 9.17) is 11.6 Å². The van der Waals surface area contributed by atoms with Crippen molar-refractivity contribution in [3.8, 4) is 0 Å². The summed E-state index contributed by atoms with van der Waals surface area (Å²) in [6, 6.07) is 9.47. The third-order valence-electron chi connectivity index (χ3n) is 3.00. The number of H-pyrrole nitrogens is 1. The van der Waals surface area contributed by atoms with Crippen LogP contribution >= 0.6 is 27.5 Å². The third kappa shape index (κ3) is 3.64. The smallest absolute Gasteiger partial charge is 0.270 e. The van der Waals surface area contributed by atoms with Gasteiger partial charge in [0, 0.05) is 28.3 Å². The van der Waals surface area contributed by atoms with E-state index in [2.05, 4.69) is 20.9 Å². The number of aromatic nitrogens is 1. The van der Waals surface area contributed by atoms with Crippen LogP contribution in [0.3, 0.4) is 0 Å². The predicted molar refractivity (Wildman–Crippen MR) is 85.0 cm³/mol. The van der Waals surface area contributed by atoms with Gasteiger partial charge >= 0.3 is 0 Å². The highest BCUT2D eigenvalue weighted by Crippen LogP contribution is 2.18. The molecule has 0 saturated carbocycles. The van der Waals surface area contributed by atoms with Gasteiger partial charge in [0.15, 0.2) is 0 Å². The molecule has 1 N–H and O–H groups in total. The third-order valence-corrected chi connectivity index (χ3v) is 3.70. The number of hydrogen-bond donors (Lipinski definition) is 1. The Labute approximate surface area is 132 Å². The second kappa shape index (κ2) is 6.46. The minimum atomic E-state index is -0.0225. The molecule has 5 heteroatoms. The van der Waals surface area contributed by atoms with Crippen LogP contribution in [0.15, 0.2) is 41.0 Å². The van der Waals surface area contributed by atoms with E-state index in [1.165, 1.54) is 0 Å². The fraction of sp³-hybridized carbons (Fsp3) is 0.267. The summed E-state index contributed by atoms with van der Waals surface area (Å²) >= 11 is 9.34. The van der Waals surface area contributed by atoms with Crippen molar-refractivity contribution in [2.24, 2.45) is 0 Å². The zero-order valence-electron chi connectivity index (χ0n) is 11.4. The fourth-order valence-corrected chi connectivity index (χ4v) is 2.52. The van der Waals surface area contributed by atoms with Crippen molar-refractivity contribution in [1.82, 2.24) is 9.88 Å². The molecule has 0 spiro atoms. The maximum absolute atomic E-state index is 12.5. The number of benzene rings is 1. The molecule has 0 aliphatic carbocycles. The quantitative estimate of drug-likeness (QED) is 0.862. The molecule has 2 rings (SSSR count). The van der Waals surface area contributed by atoms with Crippen LogP contribution in [0.4, 0.5) is 0 Å². The van der Waals surface area contributed by atoms with Crippen LogP contribution in [-0.2, 0) is 6.54 Å². The number of halogens is 2. The highest BCUT2D eigenvalue weighted by Gasteiger charge is 2.20. The van der Waals surface area contributed by atoms with Gasteiger partial charge in [0.1, 0.15) is 5.69 Å². The van der Waals surface area contributed by atoms with Gasteiger partial charge in [-0.25, -0.2) is 0 Å². The number of hydrogen-bond acceptors (Lipinski definition) is 1. The van der Waals surface area contributed by atoms with Crippen molar-refractivity contribution in [1.29, 1.82) is 0 Å². The minimum Gasteiger partial charge on any atom is -0.356 e. The van der Waals surface area contributed by atoms with Crippen molar-refractivity contribution in [3.63, 3.8) is 0 Å². The first kappa shape index (κ1) is 15.1. The SMILES string of the molecule is CC(C)N(Cc1cccc(Cl)c1)C(=O)c1cc(Br)c[nH]1. The van der Waals surface area contributed by atoms with Gasteiger partial charge in [0.25, 0.3) is 5.91 Å². The lowest BCUT2D eigenvalue weighted by Crippen LogP contribution is -2.36. The maximum Gasteiger partial charge on any atom is 0.270 e. The van der Waals surface area contributed by atoms with Gasteiger partial charge in [-0.15, -0.1) is 0 Å². The molecular weight excluding hydrogens is 340 g/mol. The molecule has 2 aromatic rings. The van der Waals surface area contributed by atoms with Crippen LogP contribution < -0.4 is 0 Å². The monoisotopic (exact) mass is 354 g/mol. The Morgan fingerprint density at radius 3 is 2.70 bits per heavy atom. The first-order valence-electron chi connectivity index (χ1n) is 6.36. The number of carbonyl (C=O) groups is 1. The standard InChI is InChI=1S/C15H16BrClN2O/c1-10(2)19(9-11-4-3-5-13(17)6-11)15(20)14-7-12(16)8-18-14/h3-8,10,18H,9H2,1-2H3. The van der Waals surface area contributed by atoms with Crippen LogP contribution in [-0.4, -0.2) is 21.8 Å². The van der Waals surface area contributed by atoms with E-state index >= 15 is 0 Å². The minimum absolute atomic E-state index is 0.0225. The summed E-state index contributed by atoms with van der Waals surface area (Å²) in [5.41, 5.74) is 1.60. The van der Waals surface area contributed by atoms with E-state index in [9.17, 15) is 4.79 Å². The Morgan fingerprint density at radius 2 is 2.15 bits per heavy atom. The van der Waals surface area contributed by atoms with Gasteiger partial charge in [-0.1, -0.05) is 23.7 Å². The Balaban J connectivity index is 2.21. The zero-order valence-corrected chi connectivity index (χ0v) is 13.7. The summed E-state index contributed by atoms with van der Waals surface area (Å²) in [7, 11) is 0. The highest BCUT2D eigenvalue weighted by molar-refractivity contribution is 9.10. The summed E-state index contributed by atoms with van der Waals surface area (Å²) in [6.07, 6.45) is 1.76. The fourth-order valence-electron chi connectivity index (χ4n) is 1.97. The Kier molecular flexibility index (Phi) is 4.89. The van der Waals surface area contributed by atoms with E-state index < -0.39 is 0 Å². The molecule has 0 fully saturated rings. The van der Waals surface area contributed by atoms with Crippen molar-refractivity contribution >= 4 is 33.4 Å². The van der Waals surface area contributed by atoms with Crippen molar-refractivity contribution in [2.75, 3.05) is 0 Å². The number of nitrogens with one attached hydrogen (secondary N) is 1. The van der Waals surface area contributed by atoms with Gasteiger partial charge in [-0.2, -0.15) is 0 Å². The molecule has 1 amide bonds. The molecule has 0 radical (unpaired) electrons. The molecule has 3 nitrogen and oxygen atoms in total. The predicted octanol–water partition coefficient (Wildman–Crippen LogP) is 4.48. The zero-order chi connectivity index (χ0) is 14.7. The van der Waals surface area contributed by atoms with E-state index in [1.807, 2.05) is 43.0 Å². The summed E-state index contributed by atoms with van der Waals surface area (Å²) < 4.78 is 0.868. The van der Waals surface area contributed by atoms with E-state index in [0.29, 0.717) is 17.3 Å². The van der Waals surface area contributed by atoms with Gasteiger partial charge in [-0.3, -0.25) is 4.79 Å². The normalized spacial score (nSPS) is 10.8. The molecule has 106 valence electrons. The number of nitrogens with zero attached hydrogens (tertiary/aromatic N) is 1. The number of amides is 1. The maximum atomic E-state index is 12.5. The van der Waals surface area contributed by atoms with Crippen molar-refractivity contribution in [3.05, 3.63) is 57.3 Å². The van der Waals surface area contributed by atoms with Gasteiger partial charge < -0.3 is 9.88 Å². The molecule has 0 aliphatic rings. The topological polar surface area (TPSA) is 36.1 Å². The Bertz CT molecular complexity index is 609. The van der Waals surface area contributed by atoms with Crippen LogP contribution in [0.25, 0.3) is 0 Å². The van der Waals surface area contributed by atoms with Crippen LogP contribution in [0.1, 0.15) is 29.9 Å². The average molecular weight is 356 g/mol. The second-order valence-electron chi connectivity index (χ2n) is 4.89. The lowest BCUT2D eigenvalue weighted by Gasteiger charge is -2.26. The summed E-state index contributed by atoms with van der Waals surface area (Å²) in [4.78, 5) is 17.3. The molecule has 1 heterocycles. The molecule has 0 atom stereocenters. The first-order valence-corrected chi connectivity index (χ1v) is 7.54. The largest absolute Gasteiger partial charge is 0.356 e. The first-order chi connectivity index (χ1) is 9.47. The van der Waals surface area contributed by atoms with Crippen LogP contribution in [0, 0.1) is 0 Å². The summed E-state index contributed by atoms with van der Waals surface area (Å²) in [6.45, 7) is 4.54. The van der Waals surface area contributed by atoms with Crippen LogP contribution in [0.2, 0.25) is 5.02 Å². The molecule has 0 bridgehead atoms. The average Bonchev–Trinajstić information content (AvgIpc) is 2.82. The lowest BCUT2D eigenvalue weighted by molar-refractivity contribution is 0.0685. The number of carbonyl (C=O) groups excluding carboxylic acids is 1. The Morgan fingerprint density at radius 1 is 1.40 bits per heavy atom. The molecule has 1 aromatic carbocycles. The molecular formula is C15H16BrClN2O. The van der Waals surface area contributed by atoms with E-state index in [0.717, 1.165) is 10.0 Å². The van der Waals surface area contributed by atoms with Crippen LogP contribution in [0.5, 0.6) is 0 Å². The van der Waals surface area contributed by atoms with E-state index in [1.54, 1.807) is 12.3 Å². The van der Waals surface area contributed by atoms with Gasteiger partial charge in [0.2, 0.25) is 0 Å². The number of aromatic amines is 1. The van der Waals surface area contributed by atoms with Crippen molar-refractivity contribution in [2.45, 2.75) is 26.4 Å². The number of rotatable bonds is 4. The molecule has 0 saturated heterocycles. The molecule has 20 heavy (non-hydrogen) atoms. The van der Waals surface area contributed by atoms with Crippen molar-refractivity contribution < 1.29 is 4.79 Å². The molecule has 1 aromatic heterocycles. The summed E-state index contributed by atoms with van der Waals surface area (Å²) in [5.74, 6) is -0.0225. The van der Waals surface area contributed by atoms with Gasteiger partial charge in [-0.05, 0) is 53.5 Å². The summed E-state index contributed by atoms with van der Waals surface area (Å²) in [5, 5.41) is 0.682. The molecule has 0 unspecified atom stereocenters. The molecule has 0 aliphatic heterocycles. The lowest BCUT2D eigenvalue weighted by atomic mass is 10.1. The highest BCUT2D eigenvalue weighted by atomic mass is 79.9.